The molecule has 1 N–H and O–H groups in total. The van der Waals surface area contributed by atoms with E-state index in [1.165, 1.54) is 6.21 Å². The fourth-order valence-corrected chi connectivity index (χ4v) is 2.12. The van der Waals surface area contributed by atoms with Crippen LogP contribution in [0.2, 0.25) is 0 Å². The van der Waals surface area contributed by atoms with E-state index in [-0.39, 0.29) is 11.9 Å². The van der Waals surface area contributed by atoms with E-state index in [1.807, 2.05) is 54.6 Å². The van der Waals surface area contributed by atoms with Gasteiger partial charge in [-0.25, -0.2) is 0 Å². The first-order valence-corrected chi connectivity index (χ1v) is 5.83. The summed E-state index contributed by atoms with van der Waals surface area (Å²) < 4.78 is 0. The van der Waals surface area contributed by atoms with Crippen LogP contribution in [-0.4, -0.2) is 18.2 Å². The quantitative estimate of drug-likeness (QED) is 0.797. The topological polar surface area (TPSA) is 41.5 Å². The van der Waals surface area contributed by atoms with Gasteiger partial charge in [-0.2, -0.15) is 0 Å². The Morgan fingerprint density at radius 1 is 1.11 bits per heavy atom. The average molecular weight is 236 g/mol. The minimum Gasteiger partial charge on any atom is -0.341 e. The molecule has 3 nitrogen and oxygen atoms in total. The molecule has 1 aliphatic carbocycles. The number of hydrogen-bond donors (Lipinski definition) is 1. The lowest BCUT2D eigenvalue weighted by molar-refractivity contribution is -0.114. The van der Waals surface area contributed by atoms with Crippen LogP contribution >= 0.6 is 0 Å². The first-order valence-electron chi connectivity index (χ1n) is 5.83. The number of rotatable bonds is 1. The highest BCUT2D eigenvalue weighted by atomic mass is 16.1. The SMILES string of the molecule is O=C1C=NC(c2ccccc2)=C2C=CC=CC2N1. The number of carbonyl (C=O) groups is 1. The molecule has 1 atom stereocenters. The second kappa shape index (κ2) is 4.45. The predicted molar refractivity (Wildman–Crippen MR) is 72.1 cm³/mol. The number of hydrogen-bond acceptors (Lipinski definition) is 2. The smallest absolute Gasteiger partial charge is 0.263 e. The van der Waals surface area contributed by atoms with Crippen molar-refractivity contribution in [1.29, 1.82) is 0 Å². The Morgan fingerprint density at radius 3 is 2.78 bits per heavy atom. The van der Waals surface area contributed by atoms with Crippen LogP contribution in [0, 0.1) is 0 Å². The van der Waals surface area contributed by atoms with Crippen molar-refractivity contribution in [3.63, 3.8) is 0 Å². The third-order valence-corrected chi connectivity index (χ3v) is 2.95. The molecule has 0 aromatic heterocycles. The Bertz CT molecular complexity index is 594. The Kier molecular flexibility index (Phi) is 2.65. The van der Waals surface area contributed by atoms with Crippen LogP contribution in [0.3, 0.4) is 0 Å². The van der Waals surface area contributed by atoms with E-state index in [2.05, 4.69) is 10.3 Å². The summed E-state index contributed by atoms with van der Waals surface area (Å²) in [7, 11) is 0. The zero-order valence-corrected chi connectivity index (χ0v) is 9.71. The zero-order valence-electron chi connectivity index (χ0n) is 9.71. The molecule has 0 bridgehead atoms. The first kappa shape index (κ1) is 10.7. The van der Waals surface area contributed by atoms with Crippen molar-refractivity contribution in [2.75, 3.05) is 0 Å². The third kappa shape index (κ3) is 1.91. The second-order valence-corrected chi connectivity index (χ2v) is 4.16. The van der Waals surface area contributed by atoms with Crippen LogP contribution in [-0.2, 0) is 4.79 Å². The van der Waals surface area contributed by atoms with Gasteiger partial charge in [-0.05, 0) is 0 Å². The molecule has 0 spiro atoms. The summed E-state index contributed by atoms with van der Waals surface area (Å²) in [6.07, 6.45) is 9.19. The average Bonchev–Trinajstić information content (AvgIpc) is 2.58. The number of nitrogens with zero attached hydrogens (tertiary/aromatic N) is 1. The van der Waals surface area contributed by atoms with Crippen LogP contribution in [0.5, 0.6) is 0 Å². The van der Waals surface area contributed by atoms with Gasteiger partial charge < -0.3 is 5.32 Å². The van der Waals surface area contributed by atoms with Gasteiger partial charge in [0.15, 0.2) is 0 Å². The largest absolute Gasteiger partial charge is 0.341 e. The predicted octanol–water partition coefficient (Wildman–Crippen LogP) is 2.09. The van der Waals surface area contributed by atoms with Crippen molar-refractivity contribution in [3.05, 3.63) is 65.8 Å². The number of amides is 1. The molecule has 1 aromatic carbocycles. The number of fused-ring (bicyclic) bond motifs is 1. The summed E-state index contributed by atoms with van der Waals surface area (Å²) in [4.78, 5) is 15.9. The maximum atomic E-state index is 11.6. The van der Waals surface area contributed by atoms with Gasteiger partial charge in [-0.1, -0.05) is 54.6 Å². The molecule has 1 heterocycles. The molecule has 3 rings (SSSR count). The van der Waals surface area contributed by atoms with Crippen LogP contribution in [0.15, 0.2) is 65.2 Å². The monoisotopic (exact) mass is 236 g/mol. The van der Waals surface area contributed by atoms with E-state index in [0.29, 0.717) is 0 Å². The van der Waals surface area contributed by atoms with Gasteiger partial charge in [0.2, 0.25) is 0 Å². The number of benzene rings is 1. The van der Waals surface area contributed by atoms with Crippen molar-refractivity contribution in [3.8, 4) is 0 Å². The molecular formula is C15H12N2O. The van der Waals surface area contributed by atoms with Gasteiger partial charge in [0.25, 0.3) is 5.91 Å². The minimum atomic E-state index is -0.164. The Morgan fingerprint density at radius 2 is 1.94 bits per heavy atom. The lowest BCUT2D eigenvalue weighted by atomic mass is 9.97. The van der Waals surface area contributed by atoms with Gasteiger partial charge in [0.05, 0.1) is 18.0 Å². The molecule has 88 valence electrons. The standard InChI is InChI=1S/C15H12N2O/c18-14-10-16-15(11-6-2-1-3-7-11)12-8-4-5-9-13(12)17-14/h1-10,13H,(H,17,18). The van der Waals surface area contributed by atoms with Crippen molar-refractivity contribution in [2.45, 2.75) is 6.04 Å². The summed E-state index contributed by atoms with van der Waals surface area (Å²) in [6.45, 7) is 0. The van der Waals surface area contributed by atoms with Gasteiger partial charge >= 0.3 is 0 Å². The number of allylic oxidation sites excluding steroid dienone is 2. The lowest BCUT2D eigenvalue weighted by Gasteiger charge is -2.18. The van der Waals surface area contributed by atoms with E-state index < -0.39 is 0 Å². The zero-order chi connectivity index (χ0) is 12.4. The van der Waals surface area contributed by atoms with Crippen LogP contribution in [0.4, 0.5) is 0 Å². The molecule has 0 saturated carbocycles. The molecule has 1 amide bonds. The molecule has 2 aliphatic rings. The van der Waals surface area contributed by atoms with Crippen molar-refractivity contribution >= 4 is 17.8 Å². The summed E-state index contributed by atoms with van der Waals surface area (Å²) in [5, 5.41) is 2.90. The number of aliphatic imine (C=N–C) groups is 1. The van der Waals surface area contributed by atoms with E-state index in [9.17, 15) is 4.79 Å². The molecule has 1 unspecified atom stereocenters. The molecule has 3 heteroatoms. The van der Waals surface area contributed by atoms with E-state index in [4.69, 9.17) is 0 Å². The van der Waals surface area contributed by atoms with Gasteiger partial charge in [-0.15, -0.1) is 0 Å². The Labute approximate surface area is 105 Å². The molecule has 0 saturated heterocycles. The van der Waals surface area contributed by atoms with E-state index in [0.717, 1.165) is 16.8 Å². The first-order chi connectivity index (χ1) is 8.84. The molecule has 1 aromatic rings. The normalized spacial score (nSPS) is 21.6. The molecule has 0 fully saturated rings. The lowest BCUT2D eigenvalue weighted by Crippen LogP contribution is -2.34. The van der Waals surface area contributed by atoms with Crippen molar-refractivity contribution in [1.82, 2.24) is 5.32 Å². The highest BCUT2D eigenvalue weighted by molar-refractivity contribution is 6.28. The highest BCUT2D eigenvalue weighted by Gasteiger charge is 2.20. The fourth-order valence-electron chi connectivity index (χ4n) is 2.12. The molecular weight excluding hydrogens is 224 g/mol. The van der Waals surface area contributed by atoms with Gasteiger partial charge in [-0.3, -0.25) is 9.79 Å². The molecule has 0 radical (unpaired) electrons. The second-order valence-electron chi connectivity index (χ2n) is 4.16. The van der Waals surface area contributed by atoms with Crippen molar-refractivity contribution < 1.29 is 4.79 Å². The van der Waals surface area contributed by atoms with Crippen molar-refractivity contribution in [2.24, 2.45) is 4.99 Å². The van der Waals surface area contributed by atoms with E-state index in [1.54, 1.807) is 0 Å². The number of carbonyl (C=O) groups excluding carboxylic acids is 1. The molecule has 1 aliphatic heterocycles. The summed E-state index contributed by atoms with van der Waals surface area (Å²) in [6, 6.07) is 9.80. The van der Waals surface area contributed by atoms with Crippen LogP contribution in [0.1, 0.15) is 5.56 Å². The Balaban J connectivity index is 2.15. The summed E-state index contributed by atoms with van der Waals surface area (Å²) >= 11 is 0. The van der Waals surface area contributed by atoms with E-state index >= 15 is 0 Å². The number of nitrogens with one attached hydrogen (secondary N) is 1. The molecule has 18 heavy (non-hydrogen) atoms. The summed E-state index contributed by atoms with van der Waals surface area (Å²) in [5.41, 5.74) is 2.88. The van der Waals surface area contributed by atoms with Crippen LogP contribution < -0.4 is 5.32 Å². The highest BCUT2D eigenvalue weighted by Crippen LogP contribution is 2.26. The maximum absolute atomic E-state index is 11.6. The van der Waals surface area contributed by atoms with Gasteiger partial charge in [0.1, 0.15) is 0 Å². The maximum Gasteiger partial charge on any atom is 0.263 e. The Hall–Kier alpha value is -2.42. The third-order valence-electron chi connectivity index (χ3n) is 2.95. The summed E-state index contributed by atoms with van der Waals surface area (Å²) in [5.74, 6) is -0.164. The minimum absolute atomic E-state index is 0.0970. The fraction of sp³-hybridized carbons (Fsp3) is 0.0667. The van der Waals surface area contributed by atoms with Gasteiger partial charge in [0, 0.05) is 11.1 Å². The van der Waals surface area contributed by atoms with Crippen LogP contribution in [0.25, 0.3) is 5.70 Å².